The van der Waals surface area contributed by atoms with Crippen molar-refractivity contribution < 1.29 is 4.74 Å². The number of allylic oxidation sites excluding steroid dienone is 7. The minimum absolute atomic E-state index is 0.575. The molecule has 0 saturated heterocycles. The van der Waals surface area contributed by atoms with Crippen LogP contribution < -0.4 is 4.74 Å². The number of rotatable bonds is 2. The van der Waals surface area contributed by atoms with E-state index in [2.05, 4.69) is 12.1 Å². The molecular formula is C19H13N3O. The third-order valence-corrected chi connectivity index (χ3v) is 3.68. The summed E-state index contributed by atoms with van der Waals surface area (Å²) < 4.78 is 5.18. The van der Waals surface area contributed by atoms with Crippen LogP contribution >= 0.6 is 0 Å². The summed E-state index contributed by atoms with van der Waals surface area (Å²) in [6, 6.07) is 11.9. The standard InChI is InChI=1S/C19H13N3O/c1-23-16-7-5-14(6-8-16)17-12-15(9-10-20)22-11-3-2-4-19(22)18(17)13-21/h2-9,11-12H,1H3/b15-9+. The summed E-state index contributed by atoms with van der Waals surface area (Å²) in [5.74, 6) is 0.756. The van der Waals surface area contributed by atoms with E-state index in [-0.39, 0.29) is 0 Å². The van der Waals surface area contributed by atoms with Gasteiger partial charge in [-0.05, 0) is 35.9 Å². The van der Waals surface area contributed by atoms with Gasteiger partial charge in [0.05, 0.1) is 30.1 Å². The van der Waals surface area contributed by atoms with Crippen LogP contribution in [0.5, 0.6) is 5.75 Å². The Morgan fingerprint density at radius 1 is 1.13 bits per heavy atom. The van der Waals surface area contributed by atoms with Gasteiger partial charge in [-0.3, -0.25) is 0 Å². The lowest BCUT2D eigenvalue weighted by molar-refractivity contribution is 0.415. The maximum Gasteiger partial charge on any atom is 0.118 e. The molecule has 1 aromatic carbocycles. The Morgan fingerprint density at radius 2 is 1.91 bits per heavy atom. The molecule has 2 aliphatic heterocycles. The highest BCUT2D eigenvalue weighted by molar-refractivity contribution is 5.88. The zero-order valence-electron chi connectivity index (χ0n) is 12.5. The first-order valence-electron chi connectivity index (χ1n) is 7.03. The van der Waals surface area contributed by atoms with Crippen molar-refractivity contribution in [2.75, 3.05) is 7.11 Å². The Balaban J connectivity index is 2.17. The molecule has 0 spiro atoms. The Hall–Kier alpha value is -3.50. The Morgan fingerprint density at radius 3 is 2.57 bits per heavy atom. The van der Waals surface area contributed by atoms with Crippen LogP contribution in [0.25, 0.3) is 5.57 Å². The fraction of sp³-hybridized carbons (Fsp3) is 0.0526. The van der Waals surface area contributed by atoms with E-state index in [4.69, 9.17) is 10.00 Å². The lowest BCUT2D eigenvalue weighted by Crippen LogP contribution is -2.21. The number of benzene rings is 1. The van der Waals surface area contributed by atoms with Gasteiger partial charge in [-0.2, -0.15) is 10.5 Å². The zero-order valence-corrected chi connectivity index (χ0v) is 12.5. The quantitative estimate of drug-likeness (QED) is 0.782. The molecule has 0 aromatic heterocycles. The van der Waals surface area contributed by atoms with Gasteiger partial charge in [-0.15, -0.1) is 0 Å². The molecule has 110 valence electrons. The molecule has 0 bridgehead atoms. The molecule has 3 rings (SSSR count). The summed E-state index contributed by atoms with van der Waals surface area (Å²) in [4.78, 5) is 1.84. The summed E-state index contributed by atoms with van der Waals surface area (Å²) in [5.41, 5.74) is 3.77. The normalized spacial score (nSPS) is 17.4. The third-order valence-electron chi connectivity index (χ3n) is 3.68. The van der Waals surface area contributed by atoms with E-state index in [9.17, 15) is 5.26 Å². The van der Waals surface area contributed by atoms with E-state index < -0.39 is 0 Å². The number of methoxy groups -OCH3 is 1. The van der Waals surface area contributed by atoms with Crippen LogP contribution in [0.1, 0.15) is 5.56 Å². The van der Waals surface area contributed by atoms with Crippen molar-refractivity contribution in [2.45, 2.75) is 0 Å². The maximum absolute atomic E-state index is 9.64. The first kappa shape index (κ1) is 14.4. The highest BCUT2D eigenvalue weighted by atomic mass is 16.5. The number of ether oxygens (including phenoxy) is 1. The highest BCUT2D eigenvalue weighted by Crippen LogP contribution is 2.37. The van der Waals surface area contributed by atoms with Gasteiger partial charge in [0.15, 0.2) is 0 Å². The molecule has 2 aliphatic rings. The molecule has 23 heavy (non-hydrogen) atoms. The highest BCUT2D eigenvalue weighted by Gasteiger charge is 2.24. The lowest BCUT2D eigenvalue weighted by atomic mass is 9.91. The topological polar surface area (TPSA) is 60.0 Å². The molecular weight excluding hydrogens is 286 g/mol. The van der Waals surface area contributed by atoms with Gasteiger partial charge in [-0.25, -0.2) is 0 Å². The SMILES string of the molecule is COc1ccc(C2=C/C(=C\C#N)N3C=CC=CC3=C2C#N)cc1. The predicted molar refractivity (Wildman–Crippen MR) is 87.4 cm³/mol. The van der Waals surface area contributed by atoms with Crippen molar-refractivity contribution in [3.05, 3.63) is 83.4 Å². The first-order valence-corrected chi connectivity index (χ1v) is 7.03. The number of nitriles is 2. The van der Waals surface area contributed by atoms with Crippen LogP contribution in [-0.4, -0.2) is 12.0 Å². The maximum atomic E-state index is 9.64. The molecule has 0 saturated carbocycles. The lowest BCUT2D eigenvalue weighted by Gasteiger charge is -2.30. The Bertz CT molecular complexity index is 869. The molecule has 0 atom stereocenters. The largest absolute Gasteiger partial charge is 0.497 e. The van der Waals surface area contributed by atoms with Gasteiger partial charge < -0.3 is 9.64 Å². The first-order chi connectivity index (χ1) is 11.3. The fourth-order valence-corrected chi connectivity index (χ4v) is 2.59. The van der Waals surface area contributed by atoms with E-state index in [1.165, 1.54) is 6.08 Å². The van der Waals surface area contributed by atoms with Crippen LogP contribution in [0, 0.1) is 22.7 Å². The second kappa shape index (κ2) is 6.09. The van der Waals surface area contributed by atoms with Gasteiger partial charge in [0.2, 0.25) is 0 Å². The summed E-state index contributed by atoms with van der Waals surface area (Å²) in [6.45, 7) is 0. The van der Waals surface area contributed by atoms with Gasteiger partial charge in [0.1, 0.15) is 11.8 Å². The van der Waals surface area contributed by atoms with Crippen molar-refractivity contribution in [2.24, 2.45) is 0 Å². The summed E-state index contributed by atoms with van der Waals surface area (Å²) in [6.07, 6.45) is 10.8. The van der Waals surface area contributed by atoms with E-state index in [1.807, 2.05) is 59.7 Å². The monoisotopic (exact) mass is 299 g/mol. The minimum atomic E-state index is 0.575. The van der Waals surface area contributed by atoms with Crippen molar-refractivity contribution in [1.29, 1.82) is 10.5 Å². The molecule has 0 unspecified atom stereocenters. The van der Waals surface area contributed by atoms with E-state index >= 15 is 0 Å². The zero-order chi connectivity index (χ0) is 16.2. The fourth-order valence-electron chi connectivity index (χ4n) is 2.59. The van der Waals surface area contributed by atoms with Gasteiger partial charge in [0.25, 0.3) is 0 Å². The average molecular weight is 299 g/mol. The van der Waals surface area contributed by atoms with E-state index in [0.29, 0.717) is 5.57 Å². The molecule has 0 amide bonds. The van der Waals surface area contributed by atoms with E-state index in [0.717, 1.165) is 28.3 Å². The molecule has 0 N–H and O–H groups in total. The Kier molecular flexibility index (Phi) is 3.82. The molecule has 1 aromatic rings. The second-order valence-electron chi connectivity index (χ2n) is 4.93. The van der Waals surface area contributed by atoms with Crippen LogP contribution in [0.15, 0.2) is 77.8 Å². The Labute approximate surface area is 134 Å². The van der Waals surface area contributed by atoms with Gasteiger partial charge in [-0.1, -0.05) is 18.2 Å². The van der Waals surface area contributed by atoms with Gasteiger partial charge >= 0.3 is 0 Å². The number of hydrogen-bond acceptors (Lipinski definition) is 4. The molecule has 0 aliphatic carbocycles. The third kappa shape index (κ3) is 2.54. The van der Waals surface area contributed by atoms with Crippen molar-refractivity contribution in [3.63, 3.8) is 0 Å². The van der Waals surface area contributed by atoms with E-state index in [1.54, 1.807) is 7.11 Å². The summed E-state index contributed by atoms with van der Waals surface area (Å²) >= 11 is 0. The minimum Gasteiger partial charge on any atom is -0.497 e. The van der Waals surface area contributed by atoms with Crippen molar-refractivity contribution in [3.8, 4) is 17.9 Å². The molecule has 0 radical (unpaired) electrons. The van der Waals surface area contributed by atoms with Crippen LogP contribution in [0.4, 0.5) is 0 Å². The molecule has 0 fully saturated rings. The van der Waals surface area contributed by atoms with Gasteiger partial charge in [0, 0.05) is 17.8 Å². The van der Waals surface area contributed by atoms with Crippen LogP contribution in [0.3, 0.4) is 0 Å². The molecule has 2 heterocycles. The second-order valence-corrected chi connectivity index (χ2v) is 4.93. The van der Waals surface area contributed by atoms with Crippen molar-refractivity contribution in [1.82, 2.24) is 4.90 Å². The average Bonchev–Trinajstić information content (AvgIpc) is 2.62. The number of nitrogens with zero attached hydrogens (tertiary/aromatic N) is 3. The predicted octanol–water partition coefficient (Wildman–Crippen LogP) is 3.66. The molecule has 4 nitrogen and oxygen atoms in total. The number of hydrogen-bond donors (Lipinski definition) is 0. The van der Waals surface area contributed by atoms with Crippen LogP contribution in [-0.2, 0) is 0 Å². The molecule has 4 heteroatoms. The number of fused-ring (bicyclic) bond motifs is 1. The summed E-state index contributed by atoms with van der Waals surface area (Å²) in [7, 11) is 1.61. The summed E-state index contributed by atoms with van der Waals surface area (Å²) in [5, 5.41) is 18.7. The smallest absolute Gasteiger partial charge is 0.118 e. The van der Waals surface area contributed by atoms with Crippen molar-refractivity contribution >= 4 is 5.57 Å². The van der Waals surface area contributed by atoms with Crippen LogP contribution in [0.2, 0.25) is 0 Å².